The molecule has 0 spiro atoms. The van der Waals surface area contributed by atoms with E-state index in [9.17, 15) is 4.79 Å². The zero-order valence-corrected chi connectivity index (χ0v) is 17.6. The highest BCUT2D eigenvalue weighted by molar-refractivity contribution is 5.85. The molecule has 5 heteroatoms. The van der Waals surface area contributed by atoms with Gasteiger partial charge in [0.1, 0.15) is 5.75 Å². The standard InChI is InChI=1S/C22H34N2O2.ClH/c1-17(18-8-7-13-23-15-18)14-21(25)24-16-22(11-5-6-12-22)19-9-3-4-10-20(19)26-2;/h3-4,9-10,17-18,23H,5-8,11-16H2,1-2H3,(H,24,25);1H. The average Bonchev–Trinajstić information content (AvgIpc) is 3.17. The Morgan fingerprint density at radius 2 is 2.04 bits per heavy atom. The van der Waals surface area contributed by atoms with Gasteiger partial charge in [0.25, 0.3) is 0 Å². The molecule has 1 heterocycles. The number of carbonyl (C=O) groups is 1. The van der Waals surface area contributed by atoms with Gasteiger partial charge in [0, 0.05) is 23.9 Å². The Balaban J connectivity index is 0.00000261. The molecular weight excluding hydrogens is 360 g/mol. The van der Waals surface area contributed by atoms with E-state index in [1.54, 1.807) is 7.11 Å². The third-order valence-corrected chi connectivity index (χ3v) is 6.51. The van der Waals surface area contributed by atoms with E-state index in [-0.39, 0.29) is 23.7 Å². The first kappa shape index (κ1) is 22.0. The van der Waals surface area contributed by atoms with Crippen LogP contribution < -0.4 is 15.4 Å². The second-order valence-electron chi connectivity index (χ2n) is 8.25. The van der Waals surface area contributed by atoms with Crippen LogP contribution in [-0.2, 0) is 10.2 Å². The molecule has 152 valence electrons. The van der Waals surface area contributed by atoms with Crippen LogP contribution in [0, 0.1) is 11.8 Å². The number of amides is 1. The highest BCUT2D eigenvalue weighted by Crippen LogP contribution is 2.44. The maximum Gasteiger partial charge on any atom is 0.220 e. The molecule has 0 radical (unpaired) electrons. The van der Waals surface area contributed by atoms with Gasteiger partial charge in [0.15, 0.2) is 0 Å². The first-order valence-corrected chi connectivity index (χ1v) is 10.3. The molecule has 1 saturated heterocycles. The summed E-state index contributed by atoms with van der Waals surface area (Å²) < 4.78 is 5.61. The minimum atomic E-state index is 0. The normalized spacial score (nSPS) is 22.5. The second kappa shape index (κ2) is 10.3. The van der Waals surface area contributed by atoms with Crippen molar-refractivity contribution in [1.29, 1.82) is 0 Å². The van der Waals surface area contributed by atoms with Crippen molar-refractivity contribution in [2.75, 3.05) is 26.7 Å². The van der Waals surface area contributed by atoms with Crippen molar-refractivity contribution in [1.82, 2.24) is 10.6 Å². The summed E-state index contributed by atoms with van der Waals surface area (Å²) in [6.45, 7) is 5.13. The first-order chi connectivity index (χ1) is 12.6. The molecule has 2 atom stereocenters. The number of para-hydroxylation sites is 1. The van der Waals surface area contributed by atoms with Crippen LogP contribution in [0.2, 0.25) is 0 Å². The zero-order valence-electron chi connectivity index (χ0n) is 16.8. The molecule has 2 fully saturated rings. The lowest BCUT2D eigenvalue weighted by atomic mass is 9.78. The van der Waals surface area contributed by atoms with Crippen LogP contribution in [0.1, 0.15) is 57.4 Å². The molecule has 1 aliphatic heterocycles. The lowest BCUT2D eigenvalue weighted by Crippen LogP contribution is -2.41. The summed E-state index contributed by atoms with van der Waals surface area (Å²) >= 11 is 0. The van der Waals surface area contributed by atoms with E-state index in [4.69, 9.17) is 4.74 Å². The highest BCUT2D eigenvalue weighted by Gasteiger charge is 2.38. The number of carbonyl (C=O) groups excluding carboxylic acids is 1. The molecule has 27 heavy (non-hydrogen) atoms. The number of piperidine rings is 1. The van der Waals surface area contributed by atoms with Crippen LogP contribution in [0.3, 0.4) is 0 Å². The van der Waals surface area contributed by atoms with Crippen LogP contribution in [0.15, 0.2) is 24.3 Å². The Labute approximate surface area is 170 Å². The molecule has 1 aliphatic carbocycles. The van der Waals surface area contributed by atoms with Crippen molar-refractivity contribution in [2.24, 2.45) is 11.8 Å². The van der Waals surface area contributed by atoms with Gasteiger partial charge in [-0.15, -0.1) is 12.4 Å². The Morgan fingerprint density at radius 3 is 2.70 bits per heavy atom. The van der Waals surface area contributed by atoms with Gasteiger partial charge in [-0.05, 0) is 56.7 Å². The van der Waals surface area contributed by atoms with E-state index < -0.39 is 0 Å². The van der Waals surface area contributed by atoms with E-state index in [0.29, 0.717) is 18.3 Å². The predicted octanol–water partition coefficient (Wildman–Crippen LogP) is 4.07. The maximum atomic E-state index is 12.6. The van der Waals surface area contributed by atoms with Gasteiger partial charge in [0.2, 0.25) is 5.91 Å². The van der Waals surface area contributed by atoms with Crippen LogP contribution in [0.4, 0.5) is 0 Å². The molecule has 1 aromatic carbocycles. The fourth-order valence-electron chi connectivity index (χ4n) is 4.84. The maximum absolute atomic E-state index is 12.6. The fraction of sp³-hybridized carbons (Fsp3) is 0.682. The molecule has 1 aromatic rings. The van der Waals surface area contributed by atoms with Gasteiger partial charge in [-0.1, -0.05) is 38.0 Å². The zero-order chi connectivity index (χ0) is 18.4. The summed E-state index contributed by atoms with van der Waals surface area (Å²) in [6.07, 6.45) is 7.79. The monoisotopic (exact) mass is 394 g/mol. The Morgan fingerprint density at radius 1 is 1.30 bits per heavy atom. The van der Waals surface area contributed by atoms with E-state index in [1.807, 2.05) is 12.1 Å². The minimum Gasteiger partial charge on any atom is -0.496 e. The molecule has 0 bridgehead atoms. The summed E-state index contributed by atoms with van der Waals surface area (Å²) in [5, 5.41) is 6.73. The quantitative estimate of drug-likeness (QED) is 0.732. The van der Waals surface area contributed by atoms with Crippen molar-refractivity contribution in [2.45, 2.75) is 57.3 Å². The first-order valence-electron chi connectivity index (χ1n) is 10.3. The van der Waals surface area contributed by atoms with Crippen molar-refractivity contribution >= 4 is 18.3 Å². The summed E-state index contributed by atoms with van der Waals surface area (Å²) in [6, 6.07) is 8.31. The highest BCUT2D eigenvalue weighted by atomic mass is 35.5. The van der Waals surface area contributed by atoms with Crippen LogP contribution in [0.5, 0.6) is 5.75 Å². The number of nitrogens with one attached hydrogen (secondary N) is 2. The molecule has 0 aromatic heterocycles. The van der Waals surface area contributed by atoms with Crippen molar-refractivity contribution < 1.29 is 9.53 Å². The summed E-state index contributed by atoms with van der Waals surface area (Å²) in [7, 11) is 1.74. The summed E-state index contributed by atoms with van der Waals surface area (Å²) in [5.74, 6) is 2.22. The lowest BCUT2D eigenvalue weighted by Gasteiger charge is -2.32. The Kier molecular flexibility index (Phi) is 8.43. The Hall–Kier alpha value is -1.26. The molecule has 4 nitrogen and oxygen atoms in total. The summed E-state index contributed by atoms with van der Waals surface area (Å²) in [5.41, 5.74) is 1.28. The largest absolute Gasteiger partial charge is 0.496 e. The molecule has 1 amide bonds. The van der Waals surface area contributed by atoms with E-state index in [2.05, 4.69) is 29.7 Å². The molecule has 2 N–H and O–H groups in total. The topological polar surface area (TPSA) is 50.4 Å². The lowest BCUT2D eigenvalue weighted by molar-refractivity contribution is -0.122. The van der Waals surface area contributed by atoms with E-state index in [1.165, 1.54) is 31.2 Å². The fourth-order valence-corrected chi connectivity index (χ4v) is 4.84. The number of halogens is 1. The van der Waals surface area contributed by atoms with Gasteiger partial charge in [-0.2, -0.15) is 0 Å². The van der Waals surface area contributed by atoms with Crippen LogP contribution in [-0.4, -0.2) is 32.7 Å². The van der Waals surface area contributed by atoms with E-state index in [0.717, 1.165) is 38.2 Å². The molecule has 1 saturated carbocycles. The minimum absolute atomic E-state index is 0. The van der Waals surface area contributed by atoms with Gasteiger partial charge in [-0.25, -0.2) is 0 Å². The van der Waals surface area contributed by atoms with Crippen LogP contribution >= 0.6 is 12.4 Å². The average molecular weight is 395 g/mol. The second-order valence-corrected chi connectivity index (χ2v) is 8.25. The third kappa shape index (κ3) is 5.39. The van der Waals surface area contributed by atoms with Crippen molar-refractivity contribution in [3.05, 3.63) is 29.8 Å². The van der Waals surface area contributed by atoms with Crippen molar-refractivity contribution in [3.63, 3.8) is 0 Å². The smallest absolute Gasteiger partial charge is 0.220 e. The number of rotatable bonds is 7. The predicted molar refractivity (Wildman–Crippen MR) is 113 cm³/mol. The number of ether oxygens (including phenoxy) is 1. The SMILES string of the molecule is COc1ccccc1C1(CNC(=O)CC(C)C2CCCNC2)CCCC1.Cl. The van der Waals surface area contributed by atoms with Crippen molar-refractivity contribution in [3.8, 4) is 5.75 Å². The molecular formula is C22H35ClN2O2. The molecule has 2 aliphatic rings. The summed E-state index contributed by atoms with van der Waals surface area (Å²) in [4.78, 5) is 12.6. The van der Waals surface area contributed by atoms with Crippen LogP contribution in [0.25, 0.3) is 0 Å². The third-order valence-electron chi connectivity index (χ3n) is 6.51. The van der Waals surface area contributed by atoms with Gasteiger partial charge >= 0.3 is 0 Å². The van der Waals surface area contributed by atoms with Gasteiger partial charge < -0.3 is 15.4 Å². The Bertz CT molecular complexity index is 596. The number of methoxy groups -OCH3 is 1. The molecule has 3 rings (SSSR count). The number of hydrogen-bond acceptors (Lipinski definition) is 3. The van der Waals surface area contributed by atoms with Gasteiger partial charge in [-0.3, -0.25) is 4.79 Å². The molecule has 2 unspecified atom stereocenters. The number of benzene rings is 1. The van der Waals surface area contributed by atoms with Gasteiger partial charge in [0.05, 0.1) is 7.11 Å². The number of hydrogen-bond donors (Lipinski definition) is 2. The van der Waals surface area contributed by atoms with E-state index >= 15 is 0 Å².